The van der Waals surface area contributed by atoms with Gasteiger partial charge in [0.2, 0.25) is 0 Å². The summed E-state index contributed by atoms with van der Waals surface area (Å²) in [6.07, 6.45) is 3.33. The second-order valence-corrected chi connectivity index (χ2v) is 3.89. The number of pyridine rings is 1. The van der Waals surface area contributed by atoms with Crippen LogP contribution >= 0.6 is 0 Å². The van der Waals surface area contributed by atoms with Crippen LogP contribution in [0.15, 0.2) is 18.5 Å². The highest BCUT2D eigenvalue weighted by Gasteiger charge is 2.13. The van der Waals surface area contributed by atoms with Crippen LogP contribution in [0.5, 0.6) is 0 Å². The van der Waals surface area contributed by atoms with Gasteiger partial charge >= 0.3 is 5.97 Å². The number of carbonyl (C=O) groups is 1. The summed E-state index contributed by atoms with van der Waals surface area (Å²) in [5, 5.41) is 3.29. The first kappa shape index (κ1) is 11.9. The van der Waals surface area contributed by atoms with Gasteiger partial charge < -0.3 is 15.0 Å². The lowest BCUT2D eigenvalue weighted by atomic mass is 10.2. The summed E-state index contributed by atoms with van der Waals surface area (Å²) >= 11 is 0. The average molecular weight is 235 g/mol. The lowest BCUT2D eigenvalue weighted by Gasteiger charge is -2.29. The minimum atomic E-state index is -0.308. The molecule has 0 amide bonds. The van der Waals surface area contributed by atoms with E-state index in [1.54, 1.807) is 19.3 Å². The largest absolute Gasteiger partial charge is 0.462 e. The first-order chi connectivity index (χ1) is 8.31. The van der Waals surface area contributed by atoms with E-state index in [4.69, 9.17) is 4.74 Å². The topological polar surface area (TPSA) is 54.5 Å². The summed E-state index contributed by atoms with van der Waals surface area (Å²) in [6, 6.07) is 1.84. The molecule has 5 heteroatoms. The number of esters is 1. The molecule has 5 nitrogen and oxygen atoms in total. The molecule has 2 rings (SSSR count). The minimum Gasteiger partial charge on any atom is -0.462 e. The van der Waals surface area contributed by atoms with Crippen LogP contribution in [0, 0.1) is 0 Å². The van der Waals surface area contributed by atoms with Crippen molar-refractivity contribution in [3.05, 3.63) is 24.0 Å². The SMILES string of the molecule is CCOC(=O)c1cncc(N2CCNCC2)c1. The summed E-state index contributed by atoms with van der Waals surface area (Å²) in [5.74, 6) is -0.308. The Morgan fingerprint density at radius 3 is 2.94 bits per heavy atom. The molecule has 0 aliphatic carbocycles. The van der Waals surface area contributed by atoms with Crippen molar-refractivity contribution in [1.29, 1.82) is 0 Å². The number of hydrogen-bond acceptors (Lipinski definition) is 5. The van der Waals surface area contributed by atoms with E-state index in [-0.39, 0.29) is 5.97 Å². The van der Waals surface area contributed by atoms with Crippen LogP contribution in [0.3, 0.4) is 0 Å². The summed E-state index contributed by atoms with van der Waals surface area (Å²) < 4.78 is 4.96. The lowest BCUT2D eigenvalue weighted by Crippen LogP contribution is -2.43. The van der Waals surface area contributed by atoms with Crippen molar-refractivity contribution in [3.8, 4) is 0 Å². The van der Waals surface area contributed by atoms with Gasteiger partial charge in [0.25, 0.3) is 0 Å². The highest BCUT2D eigenvalue weighted by Crippen LogP contribution is 2.15. The molecule has 0 radical (unpaired) electrons. The third kappa shape index (κ3) is 2.94. The Hall–Kier alpha value is -1.62. The first-order valence-electron chi connectivity index (χ1n) is 5.89. The quantitative estimate of drug-likeness (QED) is 0.780. The molecule has 1 fully saturated rings. The lowest BCUT2D eigenvalue weighted by molar-refractivity contribution is 0.0526. The van der Waals surface area contributed by atoms with Crippen LogP contribution in [-0.4, -0.2) is 43.7 Å². The van der Waals surface area contributed by atoms with Gasteiger partial charge in [-0.3, -0.25) is 4.98 Å². The molecule has 0 saturated carbocycles. The number of aromatic nitrogens is 1. The average Bonchev–Trinajstić information content (AvgIpc) is 2.40. The molecule has 0 aromatic carbocycles. The van der Waals surface area contributed by atoms with E-state index in [2.05, 4.69) is 15.2 Å². The van der Waals surface area contributed by atoms with Crippen LogP contribution in [-0.2, 0) is 4.74 Å². The second kappa shape index (κ2) is 5.63. The zero-order valence-electron chi connectivity index (χ0n) is 9.98. The van der Waals surface area contributed by atoms with Gasteiger partial charge in [0.1, 0.15) is 0 Å². The number of nitrogens with zero attached hydrogens (tertiary/aromatic N) is 2. The molecule has 0 atom stereocenters. The molecule has 1 N–H and O–H groups in total. The smallest absolute Gasteiger partial charge is 0.339 e. The van der Waals surface area contributed by atoms with E-state index in [1.807, 2.05) is 6.07 Å². The van der Waals surface area contributed by atoms with Gasteiger partial charge in [0.15, 0.2) is 0 Å². The maximum Gasteiger partial charge on any atom is 0.339 e. The maximum absolute atomic E-state index is 11.6. The molecule has 1 aliphatic rings. The summed E-state index contributed by atoms with van der Waals surface area (Å²) in [5.41, 5.74) is 1.50. The zero-order valence-corrected chi connectivity index (χ0v) is 9.98. The molecule has 2 heterocycles. The molecule has 1 aliphatic heterocycles. The van der Waals surface area contributed by atoms with Gasteiger partial charge in [0, 0.05) is 32.4 Å². The number of anilines is 1. The molecule has 17 heavy (non-hydrogen) atoms. The molecule has 1 saturated heterocycles. The van der Waals surface area contributed by atoms with Crippen molar-refractivity contribution >= 4 is 11.7 Å². The molecule has 0 bridgehead atoms. The van der Waals surface area contributed by atoms with Crippen molar-refractivity contribution in [2.45, 2.75) is 6.92 Å². The van der Waals surface area contributed by atoms with Crippen molar-refractivity contribution in [2.24, 2.45) is 0 Å². The van der Waals surface area contributed by atoms with Crippen molar-refractivity contribution in [2.75, 3.05) is 37.7 Å². The molecule has 0 unspecified atom stereocenters. The van der Waals surface area contributed by atoms with Gasteiger partial charge in [-0.1, -0.05) is 0 Å². The van der Waals surface area contributed by atoms with Gasteiger partial charge in [-0.05, 0) is 13.0 Å². The molecule has 1 aromatic rings. The van der Waals surface area contributed by atoms with Crippen LogP contribution in [0.1, 0.15) is 17.3 Å². The fraction of sp³-hybridized carbons (Fsp3) is 0.500. The van der Waals surface area contributed by atoms with Crippen LogP contribution in [0.25, 0.3) is 0 Å². The Labute approximate surface area is 101 Å². The van der Waals surface area contributed by atoms with E-state index in [0.717, 1.165) is 31.9 Å². The van der Waals surface area contributed by atoms with Crippen molar-refractivity contribution < 1.29 is 9.53 Å². The first-order valence-corrected chi connectivity index (χ1v) is 5.89. The van der Waals surface area contributed by atoms with Crippen molar-refractivity contribution in [1.82, 2.24) is 10.3 Å². The van der Waals surface area contributed by atoms with Gasteiger partial charge in [0.05, 0.1) is 24.1 Å². The number of hydrogen-bond donors (Lipinski definition) is 1. The van der Waals surface area contributed by atoms with Gasteiger partial charge in [-0.25, -0.2) is 4.79 Å². The number of ether oxygens (including phenoxy) is 1. The Morgan fingerprint density at radius 1 is 1.47 bits per heavy atom. The fourth-order valence-corrected chi connectivity index (χ4v) is 1.85. The van der Waals surface area contributed by atoms with E-state index < -0.39 is 0 Å². The molecule has 1 aromatic heterocycles. The summed E-state index contributed by atoms with van der Waals surface area (Å²) in [6.45, 7) is 5.98. The van der Waals surface area contributed by atoms with Crippen LogP contribution in [0.2, 0.25) is 0 Å². The molecule has 92 valence electrons. The second-order valence-electron chi connectivity index (χ2n) is 3.89. The number of piperazine rings is 1. The van der Waals surface area contributed by atoms with Gasteiger partial charge in [-0.15, -0.1) is 0 Å². The fourth-order valence-electron chi connectivity index (χ4n) is 1.85. The monoisotopic (exact) mass is 235 g/mol. The Bertz CT molecular complexity index is 389. The standard InChI is InChI=1S/C12H17N3O2/c1-2-17-12(16)10-7-11(9-14-8-10)15-5-3-13-4-6-15/h7-9,13H,2-6H2,1H3. The maximum atomic E-state index is 11.6. The number of carbonyl (C=O) groups excluding carboxylic acids is 1. The number of nitrogens with one attached hydrogen (secondary N) is 1. The Morgan fingerprint density at radius 2 is 2.24 bits per heavy atom. The number of rotatable bonds is 3. The van der Waals surface area contributed by atoms with E-state index in [0.29, 0.717) is 12.2 Å². The molecular formula is C12H17N3O2. The van der Waals surface area contributed by atoms with Crippen molar-refractivity contribution in [3.63, 3.8) is 0 Å². The predicted molar refractivity (Wildman–Crippen MR) is 65.3 cm³/mol. The zero-order chi connectivity index (χ0) is 12.1. The predicted octanol–water partition coefficient (Wildman–Crippen LogP) is 0.668. The highest BCUT2D eigenvalue weighted by molar-refractivity contribution is 5.90. The van der Waals surface area contributed by atoms with Crippen LogP contribution < -0.4 is 10.2 Å². The third-order valence-corrected chi connectivity index (χ3v) is 2.72. The van der Waals surface area contributed by atoms with E-state index in [9.17, 15) is 4.79 Å². The summed E-state index contributed by atoms with van der Waals surface area (Å²) in [7, 11) is 0. The highest BCUT2D eigenvalue weighted by atomic mass is 16.5. The Kier molecular flexibility index (Phi) is 3.93. The third-order valence-electron chi connectivity index (χ3n) is 2.72. The normalized spacial score (nSPS) is 15.7. The molecular weight excluding hydrogens is 218 g/mol. The minimum absolute atomic E-state index is 0.308. The van der Waals surface area contributed by atoms with Crippen LogP contribution in [0.4, 0.5) is 5.69 Å². The summed E-state index contributed by atoms with van der Waals surface area (Å²) in [4.78, 5) is 17.9. The van der Waals surface area contributed by atoms with Gasteiger partial charge in [-0.2, -0.15) is 0 Å². The van der Waals surface area contributed by atoms with E-state index in [1.165, 1.54) is 0 Å². The molecule has 0 spiro atoms. The Balaban J connectivity index is 2.12. The van der Waals surface area contributed by atoms with E-state index >= 15 is 0 Å².